The van der Waals surface area contributed by atoms with Crippen molar-refractivity contribution in [2.45, 2.75) is 19.4 Å². The van der Waals surface area contributed by atoms with Crippen molar-refractivity contribution >= 4 is 17.3 Å². The molecule has 0 amide bonds. The molecule has 1 unspecified atom stereocenters. The molecule has 29 heavy (non-hydrogen) atoms. The Morgan fingerprint density at radius 2 is 1.90 bits per heavy atom. The molecule has 2 aromatic heterocycles. The molecule has 1 atom stereocenters. The van der Waals surface area contributed by atoms with E-state index in [1.807, 2.05) is 36.4 Å². The van der Waals surface area contributed by atoms with Gasteiger partial charge >= 0.3 is 0 Å². The number of pyridine rings is 1. The number of rotatable bonds is 8. The summed E-state index contributed by atoms with van der Waals surface area (Å²) >= 11 is 1.78. The van der Waals surface area contributed by atoms with Crippen molar-refractivity contribution in [1.82, 2.24) is 15.6 Å². The molecular weight excluding hydrogens is 384 g/mol. The van der Waals surface area contributed by atoms with Crippen LogP contribution in [0.1, 0.15) is 23.3 Å². The first kappa shape index (κ1) is 20.7. The van der Waals surface area contributed by atoms with Gasteiger partial charge in [-0.15, -0.1) is 11.3 Å². The van der Waals surface area contributed by atoms with Gasteiger partial charge in [0.15, 0.2) is 5.96 Å². The lowest BCUT2D eigenvalue weighted by Crippen LogP contribution is -2.38. The minimum Gasteiger partial charge on any atom is -0.497 e. The van der Waals surface area contributed by atoms with Gasteiger partial charge in [-0.05, 0) is 41.3 Å². The van der Waals surface area contributed by atoms with Gasteiger partial charge in [0.05, 0.1) is 7.11 Å². The Hall–Kier alpha value is -3.06. The maximum Gasteiger partial charge on any atom is 0.219 e. The molecular formula is C22H26N4O2S. The van der Waals surface area contributed by atoms with Gasteiger partial charge in [-0.25, -0.2) is 4.98 Å². The lowest BCUT2D eigenvalue weighted by atomic mass is 10.1. The van der Waals surface area contributed by atoms with E-state index < -0.39 is 0 Å². The van der Waals surface area contributed by atoms with Gasteiger partial charge in [-0.1, -0.05) is 19.1 Å². The van der Waals surface area contributed by atoms with Crippen LogP contribution in [-0.2, 0) is 6.54 Å². The third kappa shape index (κ3) is 6.22. The highest BCUT2D eigenvalue weighted by Gasteiger charge is 2.07. The van der Waals surface area contributed by atoms with Gasteiger partial charge in [0, 0.05) is 43.2 Å². The zero-order valence-electron chi connectivity index (χ0n) is 16.9. The van der Waals surface area contributed by atoms with Crippen LogP contribution in [0.5, 0.6) is 17.4 Å². The zero-order valence-corrected chi connectivity index (χ0v) is 17.7. The molecule has 0 spiro atoms. The summed E-state index contributed by atoms with van der Waals surface area (Å²) in [6.07, 6.45) is 1.80. The van der Waals surface area contributed by atoms with Crippen LogP contribution in [0.15, 0.2) is 65.1 Å². The number of nitrogens with one attached hydrogen (secondary N) is 2. The second kappa shape index (κ2) is 10.5. The summed E-state index contributed by atoms with van der Waals surface area (Å²) < 4.78 is 10.9. The van der Waals surface area contributed by atoms with Crippen LogP contribution < -0.4 is 20.1 Å². The average molecular weight is 411 g/mol. The minimum absolute atomic E-state index is 0.435. The third-order valence-electron chi connectivity index (χ3n) is 4.37. The van der Waals surface area contributed by atoms with Crippen LogP contribution in [0.25, 0.3) is 0 Å². The highest BCUT2D eigenvalue weighted by molar-refractivity contribution is 7.10. The number of methoxy groups -OCH3 is 1. The average Bonchev–Trinajstić information content (AvgIpc) is 3.30. The third-order valence-corrected chi connectivity index (χ3v) is 5.47. The van der Waals surface area contributed by atoms with E-state index in [9.17, 15) is 0 Å². The van der Waals surface area contributed by atoms with Gasteiger partial charge in [0.25, 0.3) is 0 Å². The van der Waals surface area contributed by atoms with Gasteiger partial charge in [0.1, 0.15) is 11.5 Å². The molecule has 0 saturated carbocycles. The van der Waals surface area contributed by atoms with Gasteiger partial charge in [-0.3, -0.25) is 4.99 Å². The number of nitrogens with zero attached hydrogens (tertiary/aromatic N) is 2. The first-order valence-corrected chi connectivity index (χ1v) is 10.3. The van der Waals surface area contributed by atoms with Crippen molar-refractivity contribution in [3.8, 4) is 17.4 Å². The second-order valence-electron chi connectivity index (χ2n) is 6.51. The maximum atomic E-state index is 5.76. The predicted molar refractivity (Wildman–Crippen MR) is 118 cm³/mol. The topological polar surface area (TPSA) is 67.8 Å². The lowest BCUT2D eigenvalue weighted by molar-refractivity contribution is 0.412. The number of hydrogen-bond acceptors (Lipinski definition) is 5. The van der Waals surface area contributed by atoms with E-state index in [0.717, 1.165) is 23.8 Å². The fourth-order valence-electron chi connectivity index (χ4n) is 2.67. The number of thiophene rings is 1. The number of aromatic nitrogens is 1. The van der Waals surface area contributed by atoms with E-state index in [1.54, 1.807) is 31.7 Å². The Kier molecular flexibility index (Phi) is 7.47. The van der Waals surface area contributed by atoms with Gasteiger partial charge in [-0.2, -0.15) is 0 Å². The monoisotopic (exact) mass is 410 g/mol. The van der Waals surface area contributed by atoms with E-state index in [0.29, 0.717) is 24.1 Å². The highest BCUT2D eigenvalue weighted by Crippen LogP contribution is 2.22. The Labute approximate surface area is 175 Å². The van der Waals surface area contributed by atoms with E-state index in [1.165, 1.54) is 4.88 Å². The highest BCUT2D eigenvalue weighted by atomic mass is 32.1. The summed E-state index contributed by atoms with van der Waals surface area (Å²) in [7, 11) is 3.41. The Balaban J connectivity index is 1.47. The van der Waals surface area contributed by atoms with E-state index in [4.69, 9.17) is 9.47 Å². The lowest BCUT2D eigenvalue weighted by Gasteiger charge is -2.15. The zero-order chi connectivity index (χ0) is 20.5. The predicted octanol–water partition coefficient (Wildman–Crippen LogP) is 4.41. The normalized spacial score (nSPS) is 12.3. The van der Waals surface area contributed by atoms with E-state index in [-0.39, 0.29) is 0 Å². The number of benzene rings is 1. The summed E-state index contributed by atoms with van der Waals surface area (Å²) in [6, 6.07) is 15.5. The fraction of sp³-hybridized carbons (Fsp3) is 0.273. The molecule has 0 fully saturated rings. The summed E-state index contributed by atoms with van der Waals surface area (Å²) in [4.78, 5) is 10.0. The molecule has 2 N–H and O–H groups in total. The second-order valence-corrected chi connectivity index (χ2v) is 7.48. The molecule has 0 saturated heterocycles. The Morgan fingerprint density at radius 1 is 1.10 bits per heavy atom. The number of ether oxygens (including phenoxy) is 2. The summed E-state index contributed by atoms with van der Waals surface area (Å²) in [5.74, 6) is 3.26. The molecule has 7 heteroatoms. The van der Waals surface area contributed by atoms with E-state index in [2.05, 4.69) is 45.0 Å². The summed E-state index contributed by atoms with van der Waals surface area (Å²) in [5, 5.41) is 8.79. The largest absolute Gasteiger partial charge is 0.497 e. The minimum atomic E-state index is 0.435. The number of hydrogen-bond donors (Lipinski definition) is 2. The van der Waals surface area contributed by atoms with Crippen LogP contribution in [0, 0.1) is 0 Å². The van der Waals surface area contributed by atoms with Gasteiger partial charge < -0.3 is 20.1 Å². The molecule has 0 aliphatic carbocycles. The number of guanidine groups is 1. The quantitative estimate of drug-likeness (QED) is 0.425. The van der Waals surface area contributed by atoms with Crippen molar-refractivity contribution in [2.75, 3.05) is 20.7 Å². The van der Waals surface area contributed by atoms with Crippen LogP contribution in [0.4, 0.5) is 0 Å². The fourth-order valence-corrected chi connectivity index (χ4v) is 3.46. The molecule has 1 aromatic carbocycles. The standard InChI is InChI=1S/C22H26N4O2S/c1-16(20-5-4-12-29-20)13-25-22(23-2)26-15-17-6-11-21(24-14-17)28-19-9-7-18(27-3)8-10-19/h4-12,14,16H,13,15H2,1-3H3,(H2,23,25,26). The summed E-state index contributed by atoms with van der Waals surface area (Å²) in [6.45, 7) is 3.66. The number of aliphatic imine (C=N–C) groups is 1. The SMILES string of the molecule is CN=C(NCc1ccc(Oc2ccc(OC)cc2)nc1)NCC(C)c1cccs1. The van der Waals surface area contributed by atoms with Crippen molar-refractivity contribution in [3.05, 3.63) is 70.5 Å². The molecule has 0 radical (unpaired) electrons. The smallest absolute Gasteiger partial charge is 0.219 e. The van der Waals surface area contributed by atoms with Crippen molar-refractivity contribution in [2.24, 2.45) is 4.99 Å². The van der Waals surface area contributed by atoms with Crippen molar-refractivity contribution in [1.29, 1.82) is 0 Å². The maximum absolute atomic E-state index is 5.76. The van der Waals surface area contributed by atoms with Crippen LogP contribution in [0.2, 0.25) is 0 Å². The van der Waals surface area contributed by atoms with Crippen molar-refractivity contribution in [3.63, 3.8) is 0 Å². The van der Waals surface area contributed by atoms with Crippen molar-refractivity contribution < 1.29 is 9.47 Å². The van der Waals surface area contributed by atoms with Crippen LogP contribution in [0.3, 0.4) is 0 Å². The Morgan fingerprint density at radius 3 is 2.52 bits per heavy atom. The first-order chi connectivity index (χ1) is 14.2. The van der Waals surface area contributed by atoms with Crippen LogP contribution in [-0.4, -0.2) is 31.6 Å². The summed E-state index contributed by atoms with van der Waals surface area (Å²) in [5.41, 5.74) is 1.04. The molecule has 3 aromatic rings. The molecule has 0 bridgehead atoms. The molecule has 2 heterocycles. The molecule has 3 rings (SSSR count). The molecule has 0 aliphatic heterocycles. The molecule has 152 valence electrons. The van der Waals surface area contributed by atoms with E-state index >= 15 is 0 Å². The Bertz CT molecular complexity index is 894. The van der Waals surface area contributed by atoms with Crippen LogP contribution >= 0.6 is 11.3 Å². The van der Waals surface area contributed by atoms with Gasteiger partial charge in [0.2, 0.25) is 5.88 Å². The molecule has 6 nitrogen and oxygen atoms in total. The molecule has 0 aliphatic rings. The first-order valence-electron chi connectivity index (χ1n) is 9.42.